The van der Waals surface area contributed by atoms with E-state index in [1.54, 1.807) is 6.07 Å². The van der Waals surface area contributed by atoms with Crippen LogP contribution in [0.3, 0.4) is 0 Å². The van der Waals surface area contributed by atoms with Gasteiger partial charge in [0.05, 0.1) is 38.9 Å². The number of furan rings is 1. The highest BCUT2D eigenvalue weighted by atomic mass is 16.3. The molecule has 0 N–H and O–H groups in total. The molecule has 0 amide bonds. The van der Waals surface area contributed by atoms with E-state index in [2.05, 4.69) is 0 Å². The number of rotatable bonds is 7. The third-order valence-corrected chi connectivity index (χ3v) is 7.86. The number of aromatic nitrogens is 2. The molecular formula is C44H34N2O. The highest BCUT2D eigenvalue weighted by Gasteiger charge is 2.22. The minimum Gasteiger partial charge on any atom is -0.455 e. The van der Waals surface area contributed by atoms with Gasteiger partial charge in [0.1, 0.15) is 11.2 Å². The van der Waals surface area contributed by atoms with Gasteiger partial charge < -0.3 is 4.42 Å². The molecule has 2 aliphatic carbocycles. The topological polar surface area (TPSA) is 38.9 Å². The lowest BCUT2D eigenvalue weighted by molar-refractivity contribution is 0.669. The van der Waals surface area contributed by atoms with Crippen molar-refractivity contribution in [3.05, 3.63) is 169 Å². The second kappa shape index (κ2) is 12.2. The maximum atomic E-state index is 9.71. The minimum absolute atomic E-state index is 0.134. The second-order valence-electron chi connectivity index (χ2n) is 10.8. The van der Waals surface area contributed by atoms with Crippen molar-refractivity contribution in [3.8, 4) is 22.6 Å². The fourth-order valence-corrected chi connectivity index (χ4v) is 5.64. The quantitative estimate of drug-likeness (QED) is 0.166. The van der Waals surface area contributed by atoms with Gasteiger partial charge in [-0.25, -0.2) is 9.97 Å². The Morgan fingerprint density at radius 2 is 1.91 bits per heavy atom. The lowest BCUT2D eigenvalue weighted by atomic mass is 9.89. The molecule has 6 aromatic rings. The van der Waals surface area contributed by atoms with E-state index in [1.165, 1.54) is 0 Å². The van der Waals surface area contributed by atoms with Crippen LogP contribution < -0.4 is 0 Å². The van der Waals surface area contributed by atoms with Crippen LogP contribution >= 0.6 is 0 Å². The molecule has 0 bridgehead atoms. The third kappa shape index (κ3) is 5.30. The van der Waals surface area contributed by atoms with Crippen molar-refractivity contribution in [2.24, 2.45) is 5.92 Å². The van der Waals surface area contributed by atoms with Gasteiger partial charge in [-0.1, -0.05) is 134 Å². The Balaban J connectivity index is 1.59. The summed E-state index contributed by atoms with van der Waals surface area (Å²) in [5.74, 6) is -1.88. The standard InChI is InChI=1S/C44H34N2O/c1-3-30(31-15-7-4-8-16-31)27-29(2)35-24-25-37(43-42(35)41-36-22-14-13-17-32(36)23-26-40(41)47-43)44-45-38(33-18-9-5-10-19-33)28-39(46-44)34-20-11-6-12-21-34/h3-5,7-11,13-15,17-28,31H,1-2,6,12,16H2/b30-27+/i1D,2D,3D,4D,7D,8D,13D,14D,15D,16D,17D,22D,23D,24D,25D,26D,27D/b3-1?,29-2?,30-27+. The van der Waals surface area contributed by atoms with Crippen molar-refractivity contribution in [1.82, 2.24) is 9.97 Å². The first-order valence-electron chi connectivity index (χ1n) is 23.5. The van der Waals surface area contributed by atoms with Gasteiger partial charge in [0.2, 0.25) is 0 Å². The van der Waals surface area contributed by atoms with Crippen molar-refractivity contribution in [3.63, 3.8) is 0 Å². The Labute approximate surface area is 298 Å². The first kappa shape index (κ1) is 15.7. The van der Waals surface area contributed by atoms with Gasteiger partial charge in [-0.3, -0.25) is 0 Å². The normalized spacial score (nSPS) is 24.9. The SMILES string of the molecule is [2H]C=C([2H])/C(=C(/[2H])C(=C[2H])c1c([2H])c([2H])c(-c2nc(C3=CCCC=C3)cc(-c3ccccc3)n2)c2oc3c([2H])c([2H])c4c([2H])c([2H])c([2H])c([2H])c4c3c12)C1C([2H])=C([2H])C([2H])=C([2H])C1[2H]. The summed E-state index contributed by atoms with van der Waals surface area (Å²) >= 11 is 0. The van der Waals surface area contributed by atoms with Crippen LogP contribution in [0.2, 0.25) is 0 Å². The summed E-state index contributed by atoms with van der Waals surface area (Å²) in [7, 11) is 0. The van der Waals surface area contributed by atoms with E-state index in [4.69, 9.17) is 33.6 Å². The Kier molecular flexibility index (Phi) is 4.06. The Bertz CT molecular complexity index is 3250. The van der Waals surface area contributed by atoms with Gasteiger partial charge in [-0.2, -0.15) is 0 Å². The molecule has 3 heteroatoms. The monoisotopic (exact) mass is 623 g/mol. The number of benzene rings is 4. The van der Waals surface area contributed by atoms with Crippen LogP contribution in [0.5, 0.6) is 0 Å². The lowest BCUT2D eigenvalue weighted by Crippen LogP contribution is -2.01. The number of nitrogens with zero attached hydrogens (tertiary/aromatic N) is 2. The molecule has 2 heterocycles. The van der Waals surface area contributed by atoms with Crippen molar-refractivity contribution in [2.75, 3.05) is 0 Å². The molecule has 2 aromatic heterocycles. The highest BCUT2D eigenvalue weighted by molar-refractivity contribution is 6.23. The van der Waals surface area contributed by atoms with E-state index in [-0.39, 0.29) is 38.5 Å². The van der Waals surface area contributed by atoms with Crippen LogP contribution in [0.1, 0.15) is 53.8 Å². The van der Waals surface area contributed by atoms with Crippen molar-refractivity contribution < 1.29 is 27.7 Å². The van der Waals surface area contributed by atoms with Gasteiger partial charge >= 0.3 is 0 Å². The first-order valence-corrected chi connectivity index (χ1v) is 14.8. The lowest BCUT2D eigenvalue weighted by Gasteiger charge is -2.16. The fourth-order valence-electron chi connectivity index (χ4n) is 5.64. The summed E-state index contributed by atoms with van der Waals surface area (Å²) in [5.41, 5.74) is -0.297. The molecule has 0 spiro atoms. The van der Waals surface area contributed by atoms with Gasteiger partial charge in [0.25, 0.3) is 0 Å². The van der Waals surface area contributed by atoms with E-state index in [1.807, 2.05) is 48.6 Å². The fraction of sp³-hybridized carbons (Fsp3) is 0.0909. The predicted octanol–water partition coefficient (Wildman–Crippen LogP) is 11.9. The van der Waals surface area contributed by atoms with Crippen LogP contribution in [0.25, 0.3) is 66.5 Å². The number of fused-ring (bicyclic) bond motifs is 5. The third-order valence-electron chi connectivity index (χ3n) is 7.86. The average molecular weight is 624 g/mol. The Morgan fingerprint density at radius 1 is 1.00 bits per heavy atom. The molecule has 226 valence electrons. The van der Waals surface area contributed by atoms with Gasteiger partial charge in [-0.15, -0.1) is 0 Å². The molecule has 4 aromatic carbocycles. The summed E-state index contributed by atoms with van der Waals surface area (Å²) in [6, 6.07) is 1.06. The van der Waals surface area contributed by atoms with Gasteiger partial charge in [0, 0.05) is 23.6 Å². The zero-order chi connectivity index (χ0) is 46.2. The minimum atomic E-state index is -1.81. The Morgan fingerprint density at radius 3 is 2.79 bits per heavy atom. The largest absolute Gasteiger partial charge is 0.455 e. The molecule has 0 saturated carbocycles. The van der Waals surface area contributed by atoms with E-state index in [9.17, 15) is 4.11 Å². The van der Waals surface area contributed by atoms with E-state index in [0.717, 1.165) is 12.0 Å². The summed E-state index contributed by atoms with van der Waals surface area (Å²) in [6.45, 7) is 1.10. The van der Waals surface area contributed by atoms with Crippen LogP contribution in [-0.2, 0) is 0 Å². The summed E-state index contributed by atoms with van der Waals surface area (Å²) in [5, 5.41) is -1.18. The van der Waals surface area contributed by atoms with Crippen molar-refractivity contribution >= 4 is 43.9 Å². The average Bonchev–Trinajstić information content (AvgIpc) is 3.69. The molecule has 2 unspecified atom stereocenters. The molecule has 0 radical (unpaired) electrons. The zero-order valence-corrected chi connectivity index (χ0v) is 24.7. The number of allylic oxidation sites excluding steroid dienone is 12. The smallest absolute Gasteiger partial charge is 0.164 e. The molecule has 0 saturated heterocycles. The maximum Gasteiger partial charge on any atom is 0.164 e. The summed E-state index contributed by atoms with van der Waals surface area (Å²) in [6.07, 6.45) is 5.55. The maximum absolute atomic E-state index is 9.71. The van der Waals surface area contributed by atoms with Crippen LogP contribution in [0, 0.1) is 5.92 Å². The molecule has 47 heavy (non-hydrogen) atoms. The molecule has 2 aliphatic rings. The molecular weight excluding hydrogens is 572 g/mol. The molecule has 0 fully saturated rings. The van der Waals surface area contributed by atoms with Crippen molar-refractivity contribution in [1.29, 1.82) is 0 Å². The summed E-state index contributed by atoms with van der Waals surface area (Å²) in [4.78, 5) is 9.73. The van der Waals surface area contributed by atoms with E-state index < -0.39 is 119 Å². The molecule has 2 atom stereocenters. The first-order chi connectivity index (χ1) is 30.5. The van der Waals surface area contributed by atoms with Gasteiger partial charge in [-0.05, 0) is 70.4 Å². The zero-order valence-electron chi connectivity index (χ0n) is 41.7. The predicted molar refractivity (Wildman–Crippen MR) is 198 cm³/mol. The van der Waals surface area contributed by atoms with Crippen LogP contribution in [0.15, 0.2) is 162 Å². The Hall–Kier alpha value is -5.80. The number of hydrogen-bond donors (Lipinski definition) is 0. The van der Waals surface area contributed by atoms with E-state index in [0.29, 0.717) is 36.5 Å². The van der Waals surface area contributed by atoms with Gasteiger partial charge in [0.15, 0.2) is 5.82 Å². The second-order valence-corrected chi connectivity index (χ2v) is 10.8. The highest BCUT2D eigenvalue weighted by Crippen LogP contribution is 2.43. The molecule has 0 aliphatic heterocycles. The molecule has 8 rings (SSSR count). The van der Waals surface area contributed by atoms with E-state index >= 15 is 0 Å². The number of hydrogen-bond acceptors (Lipinski definition) is 3. The van der Waals surface area contributed by atoms with Crippen LogP contribution in [-0.4, -0.2) is 9.97 Å². The van der Waals surface area contributed by atoms with Crippen LogP contribution in [0.4, 0.5) is 0 Å². The molecule has 3 nitrogen and oxygen atoms in total. The van der Waals surface area contributed by atoms with Crippen molar-refractivity contribution in [2.45, 2.75) is 19.2 Å². The summed E-state index contributed by atoms with van der Waals surface area (Å²) < 4.78 is 156.